The van der Waals surface area contributed by atoms with Crippen LogP contribution in [0.3, 0.4) is 0 Å². The minimum Gasteiger partial charge on any atom is -0.296 e. The molecule has 0 amide bonds. The Hall–Kier alpha value is -3.05. The zero-order valence-electron chi connectivity index (χ0n) is 13.6. The van der Waals surface area contributed by atoms with Crippen molar-refractivity contribution < 1.29 is 4.39 Å². The molecule has 1 fully saturated rings. The number of nitriles is 1. The predicted octanol–water partition coefficient (Wildman–Crippen LogP) is 2.53. The summed E-state index contributed by atoms with van der Waals surface area (Å²) in [6, 6.07) is 7.88. The van der Waals surface area contributed by atoms with Gasteiger partial charge in [0.2, 0.25) is 0 Å². The van der Waals surface area contributed by atoms with Crippen molar-refractivity contribution in [2.45, 2.75) is 25.4 Å². The predicted molar refractivity (Wildman–Crippen MR) is 94.6 cm³/mol. The minimum absolute atomic E-state index is 0.00238. The smallest absolute Gasteiger partial charge is 0.296 e. The molecule has 0 bridgehead atoms. The van der Waals surface area contributed by atoms with E-state index in [9.17, 15) is 19.2 Å². The lowest BCUT2D eigenvalue weighted by Gasteiger charge is -2.09. The molecule has 3 aromatic rings. The lowest BCUT2D eigenvalue weighted by molar-refractivity contribution is 0.584. The molecule has 0 spiro atoms. The topological polar surface area (TPSA) is 80.7 Å². The SMILES string of the molecule is N#Cc1cn(C2CC2)c(=O)n(Cc2csc(-c3ccc(F)cc3)n2)c1=O. The molecule has 2 heterocycles. The summed E-state index contributed by atoms with van der Waals surface area (Å²) in [5.74, 6) is -0.328. The Morgan fingerprint density at radius 2 is 2.00 bits per heavy atom. The van der Waals surface area contributed by atoms with Crippen LogP contribution in [0.2, 0.25) is 0 Å². The highest BCUT2D eigenvalue weighted by Crippen LogP contribution is 2.33. The average molecular weight is 368 g/mol. The first-order valence-corrected chi connectivity index (χ1v) is 8.91. The molecule has 0 saturated heterocycles. The van der Waals surface area contributed by atoms with Crippen LogP contribution in [0.25, 0.3) is 10.6 Å². The number of rotatable bonds is 4. The van der Waals surface area contributed by atoms with Crippen molar-refractivity contribution in [2.24, 2.45) is 0 Å². The van der Waals surface area contributed by atoms with Gasteiger partial charge in [0.05, 0.1) is 12.2 Å². The first-order chi connectivity index (χ1) is 12.6. The summed E-state index contributed by atoms with van der Waals surface area (Å²) in [5.41, 5.74) is 0.228. The average Bonchev–Trinajstić information content (AvgIpc) is 3.37. The molecular weight excluding hydrogens is 355 g/mol. The molecule has 2 aromatic heterocycles. The summed E-state index contributed by atoms with van der Waals surface area (Å²) < 4.78 is 15.6. The summed E-state index contributed by atoms with van der Waals surface area (Å²) in [5, 5.41) is 11.6. The minimum atomic E-state index is -0.606. The standard InChI is InChI=1S/C18H13FN4O2S/c19-13-3-1-11(2-4-13)16-21-14(10-26-16)9-23-17(24)12(7-20)8-22(18(23)25)15-5-6-15/h1-4,8,10,15H,5-6,9H2. The van der Waals surface area contributed by atoms with Crippen molar-refractivity contribution >= 4 is 11.3 Å². The maximum atomic E-state index is 13.0. The third-order valence-corrected chi connectivity index (χ3v) is 5.16. The van der Waals surface area contributed by atoms with Crippen LogP contribution in [0.1, 0.15) is 30.1 Å². The zero-order valence-corrected chi connectivity index (χ0v) is 14.4. The van der Waals surface area contributed by atoms with Crippen LogP contribution in [-0.4, -0.2) is 14.1 Å². The molecular formula is C18H13FN4O2S. The van der Waals surface area contributed by atoms with E-state index in [1.807, 2.05) is 6.07 Å². The van der Waals surface area contributed by atoms with Crippen LogP contribution >= 0.6 is 11.3 Å². The van der Waals surface area contributed by atoms with E-state index >= 15 is 0 Å². The zero-order chi connectivity index (χ0) is 18.3. The highest BCUT2D eigenvalue weighted by atomic mass is 32.1. The molecule has 130 valence electrons. The molecule has 1 saturated carbocycles. The van der Waals surface area contributed by atoms with Crippen molar-refractivity contribution in [2.75, 3.05) is 0 Å². The molecule has 0 atom stereocenters. The summed E-state index contributed by atoms with van der Waals surface area (Å²) in [4.78, 5) is 29.4. The molecule has 1 aliphatic carbocycles. The van der Waals surface area contributed by atoms with Crippen LogP contribution in [0, 0.1) is 17.1 Å². The Labute approximate surface area is 151 Å². The molecule has 4 rings (SSSR count). The Morgan fingerprint density at radius 1 is 1.27 bits per heavy atom. The van der Waals surface area contributed by atoms with E-state index in [2.05, 4.69) is 4.98 Å². The van der Waals surface area contributed by atoms with Crippen LogP contribution < -0.4 is 11.2 Å². The largest absolute Gasteiger partial charge is 0.331 e. The first-order valence-electron chi connectivity index (χ1n) is 8.03. The number of nitrogens with zero attached hydrogens (tertiary/aromatic N) is 4. The van der Waals surface area contributed by atoms with Gasteiger partial charge in [-0.25, -0.2) is 14.2 Å². The van der Waals surface area contributed by atoms with Gasteiger partial charge in [-0.05, 0) is 37.1 Å². The highest BCUT2D eigenvalue weighted by molar-refractivity contribution is 7.13. The van der Waals surface area contributed by atoms with Gasteiger partial charge >= 0.3 is 5.69 Å². The van der Waals surface area contributed by atoms with E-state index in [0.717, 1.165) is 23.0 Å². The number of halogens is 1. The molecule has 1 aromatic carbocycles. The van der Waals surface area contributed by atoms with Gasteiger partial charge in [-0.1, -0.05) is 0 Å². The highest BCUT2D eigenvalue weighted by Gasteiger charge is 2.27. The second-order valence-corrected chi connectivity index (χ2v) is 6.98. The maximum Gasteiger partial charge on any atom is 0.331 e. The number of thiazole rings is 1. The van der Waals surface area contributed by atoms with Gasteiger partial charge in [-0.15, -0.1) is 11.3 Å². The second kappa shape index (κ2) is 6.35. The van der Waals surface area contributed by atoms with Crippen LogP contribution in [0.15, 0.2) is 45.4 Å². The maximum absolute atomic E-state index is 13.0. The first kappa shape index (κ1) is 16.4. The number of hydrogen-bond donors (Lipinski definition) is 0. The molecule has 1 aliphatic rings. The fourth-order valence-corrected chi connectivity index (χ4v) is 3.54. The summed E-state index contributed by atoms with van der Waals surface area (Å²) in [6.45, 7) is -0.00238. The van der Waals surface area contributed by atoms with Crippen molar-refractivity contribution in [3.63, 3.8) is 0 Å². The van der Waals surface area contributed by atoms with E-state index in [1.165, 1.54) is 34.2 Å². The van der Waals surface area contributed by atoms with Crippen molar-refractivity contribution in [3.05, 3.63) is 73.8 Å². The van der Waals surface area contributed by atoms with E-state index in [0.29, 0.717) is 10.7 Å². The lowest BCUT2D eigenvalue weighted by Crippen LogP contribution is -2.41. The Bertz CT molecular complexity index is 1130. The third-order valence-electron chi connectivity index (χ3n) is 4.22. The van der Waals surface area contributed by atoms with Crippen molar-refractivity contribution in [1.82, 2.24) is 14.1 Å². The second-order valence-electron chi connectivity index (χ2n) is 6.12. The Morgan fingerprint density at radius 3 is 2.65 bits per heavy atom. The van der Waals surface area contributed by atoms with Crippen molar-refractivity contribution in [3.8, 4) is 16.6 Å². The fourth-order valence-electron chi connectivity index (χ4n) is 2.72. The third kappa shape index (κ3) is 2.97. The number of benzene rings is 1. The fraction of sp³-hybridized carbons (Fsp3) is 0.222. The monoisotopic (exact) mass is 368 g/mol. The van der Waals surface area contributed by atoms with Crippen molar-refractivity contribution in [1.29, 1.82) is 5.26 Å². The quantitative estimate of drug-likeness (QED) is 0.709. The van der Waals surface area contributed by atoms with E-state index in [1.54, 1.807) is 17.5 Å². The molecule has 0 N–H and O–H groups in total. The molecule has 6 nitrogen and oxygen atoms in total. The van der Waals surface area contributed by atoms with Gasteiger partial charge < -0.3 is 0 Å². The van der Waals surface area contributed by atoms with E-state index in [4.69, 9.17) is 0 Å². The lowest BCUT2D eigenvalue weighted by atomic mass is 10.2. The van der Waals surface area contributed by atoms with Gasteiger partial charge in [-0.2, -0.15) is 5.26 Å². The van der Waals surface area contributed by atoms with Gasteiger partial charge in [0.15, 0.2) is 0 Å². The van der Waals surface area contributed by atoms with Crippen LogP contribution in [0.5, 0.6) is 0 Å². The summed E-state index contributed by atoms with van der Waals surface area (Å²) in [6.07, 6.45) is 3.09. The van der Waals surface area contributed by atoms with Gasteiger partial charge in [-0.3, -0.25) is 13.9 Å². The van der Waals surface area contributed by atoms with Gasteiger partial charge in [0.1, 0.15) is 22.5 Å². The molecule has 26 heavy (non-hydrogen) atoms. The molecule has 0 radical (unpaired) electrons. The normalized spacial score (nSPS) is 13.5. The number of aromatic nitrogens is 3. The summed E-state index contributed by atoms with van der Waals surface area (Å²) >= 11 is 1.35. The van der Waals surface area contributed by atoms with E-state index < -0.39 is 11.2 Å². The van der Waals surface area contributed by atoms with Crippen LogP contribution in [-0.2, 0) is 6.54 Å². The van der Waals surface area contributed by atoms with E-state index in [-0.39, 0.29) is 24.0 Å². The number of hydrogen-bond acceptors (Lipinski definition) is 5. The van der Waals surface area contributed by atoms with Gasteiger partial charge in [0, 0.05) is 23.2 Å². The Kier molecular flexibility index (Phi) is 4.01. The summed E-state index contributed by atoms with van der Waals surface area (Å²) in [7, 11) is 0. The van der Waals surface area contributed by atoms with Gasteiger partial charge in [0.25, 0.3) is 5.56 Å². The van der Waals surface area contributed by atoms with Crippen LogP contribution in [0.4, 0.5) is 4.39 Å². The molecule has 0 unspecified atom stereocenters. The molecule has 8 heteroatoms. The Balaban J connectivity index is 1.71. The molecule has 0 aliphatic heterocycles.